The van der Waals surface area contributed by atoms with Crippen LogP contribution in [0.25, 0.3) is 0 Å². The molecule has 2 nitrogen and oxygen atoms in total. The number of halogens is 1. The largest absolute Gasteiger partial charge is 0.303 e. The number of benzene rings is 1. The van der Waals surface area contributed by atoms with Crippen molar-refractivity contribution < 1.29 is 4.79 Å². The van der Waals surface area contributed by atoms with E-state index in [1.807, 2.05) is 6.07 Å². The van der Waals surface area contributed by atoms with E-state index in [1.165, 1.54) is 0 Å². The van der Waals surface area contributed by atoms with Crippen LogP contribution < -0.4 is 0 Å². The maximum absolute atomic E-state index is 10.6. The molecule has 1 unspecified atom stereocenters. The molecule has 0 aliphatic carbocycles. The van der Waals surface area contributed by atoms with E-state index in [2.05, 4.69) is 15.9 Å². The fourth-order valence-electron chi connectivity index (χ4n) is 1.04. The van der Waals surface area contributed by atoms with Crippen molar-refractivity contribution in [2.45, 2.75) is 12.8 Å². The average molecular weight is 238 g/mol. The third-order valence-corrected chi connectivity index (χ3v) is 2.54. The van der Waals surface area contributed by atoms with Crippen molar-refractivity contribution in [2.75, 3.05) is 0 Å². The molecule has 0 aromatic heterocycles. The second-order valence-corrected chi connectivity index (χ2v) is 3.63. The molecule has 13 heavy (non-hydrogen) atoms. The first-order valence-corrected chi connectivity index (χ1v) is 4.63. The standard InChI is InChI=1S/C10H8BrNO/c1-7(6-13)9-4-8(5-12)2-3-10(9)11/h2-4,6-7H,1H3. The fourth-order valence-corrected chi connectivity index (χ4v) is 1.64. The zero-order chi connectivity index (χ0) is 9.84. The molecular formula is C10H8BrNO. The third kappa shape index (κ3) is 2.16. The van der Waals surface area contributed by atoms with Gasteiger partial charge in [0.2, 0.25) is 0 Å². The summed E-state index contributed by atoms with van der Waals surface area (Å²) in [6, 6.07) is 7.26. The maximum atomic E-state index is 10.6. The van der Waals surface area contributed by atoms with Crippen LogP contribution in [0.1, 0.15) is 24.0 Å². The molecule has 0 N–H and O–H groups in total. The van der Waals surface area contributed by atoms with Crippen LogP contribution in [-0.4, -0.2) is 6.29 Å². The highest BCUT2D eigenvalue weighted by atomic mass is 79.9. The van der Waals surface area contributed by atoms with E-state index < -0.39 is 0 Å². The number of nitrogens with zero attached hydrogens (tertiary/aromatic N) is 1. The van der Waals surface area contributed by atoms with Gasteiger partial charge >= 0.3 is 0 Å². The molecule has 0 aliphatic rings. The van der Waals surface area contributed by atoms with Crippen LogP contribution in [0.5, 0.6) is 0 Å². The number of carbonyl (C=O) groups excluding carboxylic acids is 1. The number of rotatable bonds is 2. The highest BCUT2D eigenvalue weighted by Gasteiger charge is 2.08. The van der Waals surface area contributed by atoms with E-state index in [0.717, 1.165) is 16.3 Å². The van der Waals surface area contributed by atoms with E-state index >= 15 is 0 Å². The maximum Gasteiger partial charge on any atom is 0.127 e. The Bertz CT molecular complexity index is 368. The zero-order valence-corrected chi connectivity index (χ0v) is 8.71. The van der Waals surface area contributed by atoms with E-state index in [9.17, 15) is 4.79 Å². The van der Waals surface area contributed by atoms with Gasteiger partial charge in [-0.05, 0) is 23.8 Å². The Balaban J connectivity index is 3.20. The van der Waals surface area contributed by atoms with Gasteiger partial charge in [-0.1, -0.05) is 22.9 Å². The van der Waals surface area contributed by atoms with Crippen LogP contribution in [0.2, 0.25) is 0 Å². The molecule has 0 fully saturated rings. The molecule has 1 aromatic carbocycles. The molecule has 0 saturated carbocycles. The highest BCUT2D eigenvalue weighted by molar-refractivity contribution is 9.10. The van der Waals surface area contributed by atoms with Crippen molar-refractivity contribution in [1.82, 2.24) is 0 Å². The number of hydrogen-bond acceptors (Lipinski definition) is 2. The molecule has 3 heteroatoms. The molecule has 1 atom stereocenters. The van der Waals surface area contributed by atoms with Gasteiger partial charge in [0, 0.05) is 10.4 Å². The van der Waals surface area contributed by atoms with Crippen molar-refractivity contribution >= 4 is 22.2 Å². The number of aldehydes is 1. The Morgan fingerprint density at radius 2 is 2.31 bits per heavy atom. The molecule has 0 saturated heterocycles. The minimum Gasteiger partial charge on any atom is -0.303 e. The first-order chi connectivity index (χ1) is 6.19. The summed E-state index contributed by atoms with van der Waals surface area (Å²) in [6.07, 6.45) is 0.862. The summed E-state index contributed by atoms with van der Waals surface area (Å²) in [7, 11) is 0. The van der Waals surface area contributed by atoms with Gasteiger partial charge in [0.05, 0.1) is 11.6 Å². The van der Waals surface area contributed by atoms with Gasteiger partial charge in [-0.2, -0.15) is 5.26 Å². The van der Waals surface area contributed by atoms with Crippen LogP contribution in [0, 0.1) is 11.3 Å². The van der Waals surface area contributed by atoms with Gasteiger partial charge < -0.3 is 4.79 Å². The van der Waals surface area contributed by atoms with Crippen LogP contribution in [0.3, 0.4) is 0 Å². The lowest BCUT2D eigenvalue weighted by atomic mass is 10.0. The summed E-state index contributed by atoms with van der Waals surface area (Å²) >= 11 is 3.33. The fraction of sp³-hybridized carbons (Fsp3) is 0.200. The lowest BCUT2D eigenvalue weighted by Gasteiger charge is -2.06. The summed E-state index contributed by atoms with van der Waals surface area (Å²) < 4.78 is 0.867. The smallest absolute Gasteiger partial charge is 0.127 e. The number of nitriles is 1. The molecule has 0 aliphatic heterocycles. The number of hydrogen-bond donors (Lipinski definition) is 0. The molecule has 0 amide bonds. The van der Waals surface area contributed by atoms with Gasteiger partial charge in [-0.3, -0.25) is 0 Å². The molecule has 66 valence electrons. The second-order valence-electron chi connectivity index (χ2n) is 2.77. The average Bonchev–Trinajstić information content (AvgIpc) is 2.17. The quantitative estimate of drug-likeness (QED) is 0.743. The summed E-state index contributed by atoms with van der Waals surface area (Å²) in [5.74, 6) is -0.178. The van der Waals surface area contributed by atoms with E-state index in [0.29, 0.717) is 5.56 Å². The summed E-state index contributed by atoms with van der Waals surface area (Å²) in [5, 5.41) is 8.65. The third-order valence-electron chi connectivity index (χ3n) is 1.82. The van der Waals surface area contributed by atoms with E-state index in [1.54, 1.807) is 25.1 Å². The van der Waals surface area contributed by atoms with E-state index in [-0.39, 0.29) is 5.92 Å². The molecule has 0 radical (unpaired) electrons. The van der Waals surface area contributed by atoms with Crippen LogP contribution in [0.4, 0.5) is 0 Å². The van der Waals surface area contributed by atoms with Crippen molar-refractivity contribution in [2.24, 2.45) is 0 Å². The summed E-state index contributed by atoms with van der Waals surface area (Å²) in [5.41, 5.74) is 1.43. The first kappa shape index (κ1) is 9.94. The molecule has 0 heterocycles. The van der Waals surface area contributed by atoms with E-state index in [4.69, 9.17) is 5.26 Å². The zero-order valence-electron chi connectivity index (χ0n) is 7.12. The van der Waals surface area contributed by atoms with Crippen molar-refractivity contribution in [3.05, 3.63) is 33.8 Å². The van der Waals surface area contributed by atoms with Gasteiger partial charge in [0.25, 0.3) is 0 Å². The number of carbonyl (C=O) groups is 1. The second kappa shape index (κ2) is 4.20. The Hall–Kier alpha value is -1.14. The predicted octanol–water partition coefficient (Wildman–Crippen LogP) is 2.62. The van der Waals surface area contributed by atoms with Crippen molar-refractivity contribution in [3.8, 4) is 6.07 Å². The topological polar surface area (TPSA) is 40.9 Å². The van der Waals surface area contributed by atoms with Crippen molar-refractivity contribution in [1.29, 1.82) is 5.26 Å². The normalized spacial score (nSPS) is 11.8. The Morgan fingerprint density at radius 3 is 2.85 bits per heavy atom. The first-order valence-electron chi connectivity index (χ1n) is 3.84. The van der Waals surface area contributed by atoms with Gasteiger partial charge in [-0.25, -0.2) is 0 Å². The van der Waals surface area contributed by atoms with Gasteiger partial charge in [0.15, 0.2) is 0 Å². The molecule has 1 aromatic rings. The van der Waals surface area contributed by atoms with Crippen LogP contribution >= 0.6 is 15.9 Å². The summed E-state index contributed by atoms with van der Waals surface area (Å²) in [4.78, 5) is 10.6. The predicted molar refractivity (Wildman–Crippen MR) is 53.3 cm³/mol. The minimum atomic E-state index is -0.178. The van der Waals surface area contributed by atoms with Crippen LogP contribution in [-0.2, 0) is 4.79 Å². The lowest BCUT2D eigenvalue weighted by Crippen LogP contribution is -1.96. The lowest BCUT2D eigenvalue weighted by molar-refractivity contribution is -0.108. The van der Waals surface area contributed by atoms with Crippen molar-refractivity contribution in [3.63, 3.8) is 0 Å². The molecular weight excluding hydrogens is 230 g/mol. The van der Waals surface area contributed by atoms with Crippen LogP contribution in [0.15, 0.2) is 22.7 Å². The monoisotopic (exact) mass is 237 g/mol. The highest BCUT2D eigenvalue weighted by Crippen LogP contribution is 2.24. The molecule has 1 rings (SSSR count). The Kier molecular flexibility index (Phi) is 3.21. The molecule has 0 spiro atoms. The summed E-state index contributed by atoms with van der Waals surface area (Å²) in [6.45, 7) is 1.80. The Morgan fingerprint density at radius 1 is 1.62 bits per heavy atom. The van der Waals surface area contributed by atoms with Gasteiger partial charge in [-0.15, -0.1) is 0 Å². The van der Waals surface area contributed by atoms with Gasteiger partial charge in [0.1, 0.15) is 6.29 Å². The Labute approximate surface area is 85.3 Å². The SMILES string of the molecule is CC(C=O)c1cc(C#N)ccc1Br. The molecule has 0 bridgehead atoms. The minimum absolute atomic E-state index is 0.178.